The van der Waals surface area contributed by atoms with E-state index in [0.717, 1.165) is 11.6 Å². The van der Waals surface area contributed by atoms with Crippen molar-refractivity contribution >= 4 is 7.28 Å². The zero-order valence-corrected chi connectivity index (χ0v) is 9.52. The SMILES string of the molecule is CC(C)BC1CCCCCCCC1. The van der Waals surface area contributed by atoms with E-state index in [2.05, 4.69) is 13.8 Å². The number of hydrogen-bond donors (Lipinski definition) is 0. The van der Waals surface area contributed by atoms with Crippen molar-refractivity contribution in [3.63, 3.8) is 0 Å². The summed E-state index contributed by atoms with van der Waals surface area (Å²) in [6, 6.07) is 0. The smallest absolute Gasteiger partial charge is 0.0710 e. The maximum Gasteiger partial charge on any atom is 0.126 e. The van der Waals surface area contributed by atoms with Gasteiger partial charge in [-0.15, -0.1) is 0 Å². The molecule has 0 radical (unpaired) electrons. The van der Waals surface area contributed by atoms with Crippen molar-refractivity contribution in [1.82, 2.24) is 0 Å². The van der Waals surface area contributed by atoms with Crippen LogP contribution < -0.4 is 0 Å². The van der Waals surface area contributed by atoms with Crippen LogP contribution in [0.2, 0.25) is 11.6 Å². The molecule has 1 rings (SSSR count). The Morgan fingerprint density at radius 3 is 1.77 bits per heavy atom. The summed E-state index contributed by atoms with van der Waals surface area (Å²) >= 11 is 0. The van der Waals surface area contributed by atoms with E-state index in [1.54, 1.807) is 0 Å². The molecule has 0 nitrogen and oxygen atoms in total. The third-order valence-corrected chi connectivity index (χ3v) is 3.28. The van der Waals surface area contributed by atoms with Crippen LogP contribution in [-0.2, 0) is 0 Å². The van der Waals surface area contributed by atoms with E-state index >= 15 is 0 Å². The lowest BCUT2D eigenvalue weighted by molar-refractivity contribution is 0.613. The summed E-state index contributed by atoms with van der Waals surface area (Å²) < 4.78 is 0. The van der Waals surface area contributed by atoms with E-state index in [1.807, 2.05) is 0 Å². The van der Waals surface area contributed by atoms with E-state index in [1.165, 1.54) is 58.6 Å². The minimum absolute atomic E-state index is 0.908. The van der Waals surface area contributed by atoms with Crippen molar-refractivity contribution < 1.29 is 0 Å². The van der Waals surface area contributed by atoms with Crippen LogP contribution in [0.25, 0.3) is 0 Å². The van der Waals surface area contributed by atoms with Gasteiger partial charge in [-0.25, -0.2) is 0 Å². The lowest BCUT2D eigenvalue weighted by Gasteiger charge is -2.16. The van der Waals surface area contributed by atoms with Crippen LogP contribution in [0.15, 0.2) is 0 Å². The number of rotatable bonds is 2. The Balaban J connectivity index is 2.24. The van der Waals surface area contributed by atoms with Gasteiger partial charge in [0.05, 0.1) is 0 Å². The molecule has 0 aromatic rings. The largest absolute Gasteiger partial charge is 0.126 e. The summed E-state index contributed by atoms with van der Waals surface area (Å²) in [6.45, 7) is 4.74. The Morgan fingerprint density at radius 2 is 1.31 bits per heavy atom. The molecule has 1 aliphatic rings. The summed E-state index contributed by atoms with van der Waals surface area (Å²) in [6.07, 6.45) is 12.0. The first kappa shape index (κ1) is 11.1. The fourth-order valence-electron chi connectivity index (χ4n) is 2.62. The van der Waals surface area contributed by atoms with Gasteiger partial charge in [-0.1, -0.05) is 76.8 Å². The van der Waals surface area contributed by atoms with Gasteiger partial charge in [0, 0.05) is 0 Å². The van der Waals surface area contributed by atoms with Crippen LogP contribution in [0.4, 0.5) is 0 Å². The monoisotopic (exact) mass is 180 g/mol. The zero-order valence-electron chi connectivity index (χ0n) is 9.52. The summed E-state index contributed by atoms with van der Waals surface area (Å²) in [5.74, 6) is 1.96. The molecule has 1 aliphatic carbocycles. The first-order chi connectivity index (χ1) is 6.29. The van der Waals surface area contributed by atoms with Crippen molar-refractivity contribution in [2.75, 3.05) is 0 Å². The van der Waals surface area contributed by atoms with Crippen molar-refractivity contribution in [3.8, 4) is 0 Å². The fraction of sp³-hybridized carbons (Fsp3) is 1.00. The fourth-order valence-corrected chi connectivity index (χ4v) is 2.62. The first-order valence-electron chi connectivity index (χ1n) is 6.29. The predicted molar refractivity (Wildman–Crippen MR) is 62.9 cm³/mol. The average Bonchev–Trinajstić information content (AvgIpc) is 2.17. The van der Waals surface area contributed by atoms with Crippen LogP contribution in [-0.4, -0.2) is 7.28 Å². The Labute approximate surface area is 84.7 Å². The molecule has 0 saturated heterocycles. The van der Waals surface area contributed by atoms with Crippen molar-refractivity contribution in [1.29, 1.82) is 0 Å². The molecule has 1 saturated carbocycles. The molecule has 0 heterocycles. The molecule has 0 N–H and O–H groups in total. The summed E-state index contributed by atoms with van der Waals surface area (Å²) in [5.41, 5.74) is 0. The molecule has 1 fully saturated rings. The maximum atomic E-state index is 2.37. The van der Waals surface area contributed by atoms with E-state index in [4.69, 9.17) is 0 Å². The van der Waals surface area contributed by atoms with Gasteiger partial charge in [0.15, 0.2) is 0 Å². The van der Waals surface area contributed by atoms with Crippen LogP contribution in [0.3, 0.4) is 0 Å². The summed E-state index contributed by atoms with van der Waals surface area (Å²) in [5, 5.41) is 0. The minimum Gasteiger partial charge on any atom is -0.0710 e. The maximum absolute atomic E-state index is 2.37. The van der Waals surface area contributed by atoms with E-state index < -0.39 is 0 Å². The minimum atomic E-state index is 0.908. The third-order valence-electron chi connectivity index (χ3n) is 3.28. The Morgan fingerprint density at radius 1 is 0.846 bits per heavy atom. The molecule has 13 heavy (non-hydrogen) atoms. The lowest BCUT2D eigenvalue weighted by atomic mass is 9.53. The second-order valence-corrected chi connectivity index (χ2v) is 5.19. The molecule has 0 aromatic carbocycles. The average molecular weight is 180 g/mol. The van der Waals surface area contributed by atoms with Crippen molar-refractivity contribution in [2.24, 2.45) is 0 Å². The van der Waals surface area contributed by atoms with Crippen LogP contribution in [0.1, 0.15) is 65.2 Å². The highest BCUT2D eigenvalue weighted by molar-refractivity contribution is 6.39. The quantitative estimate of drug-likeness (QED) is 0.559. The molecular weight excluding hydrogens is 155 g/mol. The Bertz CT molecular complexity index is 110. The van der Waals surface area contributed by atoms with Crippen molar-refractivity contribution in [3.05, 3.63) is 0 Å². The van der Waals surface area contributed by atoms with Crippen LogP contribution in [0, 0.1) is 0 Å². The van der Waals surface area contributed by atoms with Gasteiger partial charge in [-0.2, -0.15) is 0 Å². The number of hydrogen-bond acceptors (Lipinski definition) is 0. The van der Waals surface area contributed by atoms with Gasteiger partial charge >= 0.3 is 0 Å². The Kier molecular flexibility index (Phi) is 5.58. The topological polar surface area (TPSA) is 0 Å². The molecule has 0 amide bonds. The Hall–Kier alpha value is 0.0649. The molecule has 0 aliphatic heterocycles. The van der Waals surface area contributed by atoms with Gasteiger partial charge in [-0.3, -0.25) is 0 Å². The highest BCUT2D eigenvalue weighted by Crippen LogP contribution is 2.27. The van der Waals surface area contributed by atoms with Gasteiger partial charge in [0.1, 0.15) is 7.28 Å². The second-order valence-electron chi connectivity index (χ2n) is 5.19. The standard InChI is InChI=1S/C12H25B/c1-11(2)13-12-9-7-5-3-4-6-8-10-12/h11-13H,3-10H2,1-2H3. The van der Waals surface area contributed by atoms with Crippen molar-refractivity contribution in [2.45, 2.75) is 76.8 Å². The summed E-state index contributed by atoms with van der Waals surface area (Å²) in [4.78, 5) is 0. The second kappa shape index (κ2) is 6.51. The van der Waals surface area contributed by atoms with Gasteiger partial charge < -0.3 is 0 Å². The predicted octanol–water partition coefficient (Wildman–Crippen LogP) is 4.17. The third kappa shape index (κ3) is 5.39. The van der Waals surface area contributed by atoms with Gasteiger partial charge in [0.25, 0.3) is 0 Å². The lowest BCUT2D eigenvalue weighted by Crippen LogP contribution is -2.06. The summed E-state index contributed by atoms with van der Waals surface area (Å²) in [7, 11) is 1.47. The highest BCUT2D eigenvalue weighted by Gasteiger charge is 2.13. The first-order valence-corrected chi connectivity index (χ1v) is 6.29. The van der Waals surface area contributed by atoms with Gasteiger partial charge in [-0.05, 0) is 0 Å². The van der Waals surface area contributed by atoms with Gasteiger partial charge in [0.2, 0.25) is 0 Å². The van der Waals surface area contributed by atoms with E-state index in [9.17, 15) is 0 Å². The molecule has 0 spiro atoms. The molecular formula is C12H25B. The normalized spacial score (nSPS) is 22.1. The molecule has 76 valence electrons. The zero-order chi connectivity index (χ0) is 9.52. The highest BCUT2D eigenvalue weighted by atomic mass is 14.1. The molecule has 0 aromatic heterocycles. The molecule has 1 heteroatoms. The van der Waals surface area contributed by atoms with Crippen LogP contribution >= 0.6 is 0 Å². The molecule has 0 atom stereocenters. The molecule has 0 bridgehead atoms. The van der Waals surface area contributed by atoms with E-state index in [-0.39, 0.29) is 0 Å². The molecule has 0 unspecified atom stereocenters. The van der Waals surface area contributed by atoms with E-state index in [0.29, 0.717) is 0 Å². The van der Waals surface area contributed by atoms with Crippen LogP contribution in [0.5, 0.6) is 0 Å².